The molecule has 3 heterocycles. The first-order chi connectivity index (χ1) is 18.7. The zero-order valence-corrected chi connectivity index (χ0v) is 20.6. The Bertz CT molecular complexity index is 1910. The van der Waals surface area contributed by atoms with Gasteiger partial charge in [0.2, 0.25) is 0 Å². The molecule has 0 fully saturated rings. The van der Waals surface area contributed by atoms with E-state index in [-0.39, 0.29) is 0 Å². The molecule has 4 N–H and O–H groups in total. The largest absolute Gasteiger partial charge is 0.396 e. The lowest BCUT2D eigenvalue weighted by atomic mass is 10.1. The summed E-state index contributed by atoms with van der Waals surface area (Å²) in [5.41, 5.74) is 22.1. The quantitative estimate of drug-likeness (QED) is 0.268. The molecule has 7 rings (SSSR count). The molecule has 0 bridgehead atoms. The Labute approximate surface area is 220 Å². The highest BCUT2D eigenvalue weighted by molar-refractivity contribution is 6.09. The van der Waals surface area contributed by atoms with Crippen LogP contribution in [0.2, 0.25) is 0 Å². The SMILES string of the molecule is Nc1c(-c2c(N)c3ccccc3n2-c2ccc(-c3ccccc3)cn2)n(-c2ccccc2)c2ccccc12. The van der Waals surface area contributed by atoms with E-state index in [0.717, 1.165) is 55.8 Å². The molecule has 3 aromatic heterocycles. The van der Waals surface area contributed by atoms with Gasteiger partial charge in [-0.2, -0.15) is 0 Å². The molecule has 0 aliphatic rings. The summed E-state index contributed by atoms with van der Waals surface area (Å²) < 4.78 is 4.33. The van der Waals surface area contributed by atoms with Crippen molar-refractivity contribution >= 4 is 33.2 Å². The molecule has 38 heavy (non-hydrogen) atoms. The van der Waals surface area contributed by atoms with E-state index in [1.807, 2.05) is 72.9 Å². The highest BCUT2D eigenvalue weighted by Gasteiger charge is 2.26. The summed E-state index contributed by atoms with van der Waals surface area (Å²) in [5, 5.41) is 1.94. The zero-order chi connectivity index (χ0) is 25.6. The summed E-state index contributed by atoms with van der Waals surface area (Å²) in [5.74, 6) is 0.775. The van der Waals surface area contributed by atoms with Gasteiger partial charge >= 0.3 is 0 Å². The molecule has 0 unspecified atom stereocenters. The normalized spacial score (nSPS) is 11.4. The monoisotopic (exact) mass is 491 g/mol. The van der Waals surface area contributed by atoms with Gasteiger partial charge in [0, 0.05) is 28.2 Å². The minimum Gasteiger partial charge on any atom is -0.396 e. The van der Waals surface area contributed by atoms with Crippen molar-refractivity contribution in [3.63, 3.8) is 0 Å². The summed E-state index contributed by atoms with van der Waals surface area (Å²) in [6, 6.07) is 41.0. The van der Waals surface area contributed by atoms with E-state index >= 15 is 0 Å². The number of hydrogen-bond acceptors (Lipinski definition) is 3. The molecule has 5 nitrogen and oxygen atoms in total. The van der Waals surface area contributed by atoms with Gasteiger partial charge in [-0.15, -0.1) is 0 Å². The van der Waals surface area contributed by atoms with Gasteiger partial charge < -0.3 is 16.0 Å². The number of nitrogen functional groups attached to an aromatic ring is 2. The van der Waals surface area contributed by atoms with Gasteiger partial charge in [0.15, 0.2) is 0 Å². The maximum atomic E-state index is 6.95. The predicted octanol–water partition coefficient (Wildman–Crippen LogP) is 7.47. The van der Waals surface area contributed by atoms with Crippen LogP contribution < -0.4 is 11.5 Å². The van der Waals surface area contributed by atoms with Crippen LogP contribution in [0.5, 0.6) is 0 Å². The summed E-state index contributed by atoms with van der Waals surface area (Å²) in [4.78, 5) is 4.92. The fourth-order valence-corrected chi connectivity index (χ4v) is 5.40. The molecule has 7 aromatic rings. The first-order valence-electron chi connectivity index (χ1n) is 12.6. The van der Waals surface area contributed by atoms with Crippen molar-refractivity contribution in [2.24, 2.45) is 0 Å². The third-order valence-electron chi connectivity index (χ3n) is 7.15. The molecule has 0 amide bonds. The van der Waals surface area contributed by atoms with Gasteiger partial charge in [-0.25, -0.2) is 4.98 Å². The third kappa shape index (κ3) is 3.29. The molecule has 0 atom stereocenters. The molecule has 0 aliphatic heterocycles. The summed E-state index contributed by atoms with van der Waals surface area (Å²) in [6.45, 7) is 0. The predicted molar refractivity (Wildman–Crippen MR) is 158 cm³/mol. The van der Waals surface area contributed by atoms with Crippen LogP contribution in [0.25, 0.3) is 55.8 Å². The van der Waals surface area contributed by atoms with Gasteiger partial charge in [0.25, 0.3) is 0 Å². The maximum Gasteiger partial charge on any atom is 0.137 e. The highest BCUT2D eigenvalue weighted by atomic mass is 15.1. The molecule has 4 aromatic carbocycles. The molecular formula is C33H25N5. The van der Waals surface area contributed by atoms with Crippen molar-refractivity contribution in [1.29, 1.82) is 0 Å². The van der Waals surface area contributed by atoms with Crippen LogP contribution in [0, 0.1) is 0 Å². The lowest BCUT2D eigenvalue weighted by molar-refractivity contribution is 1.03. The summed E-state index contributed by atoms with van der Waals surface area (Å²) >= 11 is 0. The van der Waals surface area contributed by atoms with Crippen molar-refractivity contribution < 1.29 is 0 Å². The first kappa shape index (κ1) is 21.9. The Hall–Kier alpha value is -5.29. The molecule has 0 saturated carbocycles. The van der Waals surface area contributed by atoms with Crippen molar-refractivity contribution in [2.75, 3.05) is 11.5 Å². The molecule has 5 heteroatoms. The molecule has 182 valence electrons. The lowest BCUT2D eigenvalue weighted by Gasteiger charge is -2.16. The molecule has 0 saturated heterocycles. The van der Waals surface area contributed by atoms with E-state index in [4.69, 9.17) is 16.5 Å². The Morgan fingerprint density at radius 3 is 1.61 bits per heavy atom. The summed E-state index contributed by atoms with van der Waals surface area (Å²) in [6.07, 6.45) is 1.91. The van der Waals surface area contributed by atoms with Crippen molar-refractivity contribution in [2.45, 2.75) is 0 Å². The van der Waals surface area contributed by atoms with Crippen molar-refractivity contribution in [1.82, 2.24) is 14.1 Å². The first-order valence-corrected chi connectivity index (χ1v) is 12.6. The minimum absolute atomic E-state index is 0.668. The van der Waals surface area contributed by atoms with E-state index in [9.17, 15) is 0 Å². The van der Waals surface area contributed by atoms with Gasteiger partial charge in [-0.1, -0.05) is 84.9 Å². The number of nitrogens with two attached hydrogens (primary N) is 2. The second kappa shape index (κ2) is 8.68. The van der Waals surface area contributed by atoms with Crippen LogP contribution in [-0.2, 0) is 0 Å². The van der Waals surface area contributed by atoms with Crippen LogP contribution in [0.3, 0.4) is 0 Å². The Morgan fingerprint density at radius 2 is 1.00 bits per heavy atom. The smallest absolute Gasteiger partial charge is 0.137 e. The highest BCUT2D eigenvalue weighted by Crippen LogP contribution is 2.45. The fraction of sp³-hybridized carbons (Fsp3) is 0. The number of hydrogen-bond donors (Lipinski definition) is 2. The number of benzene rings is 4. The van der Waals surface area contributed by atoms with Crippen LogP contribution in [-0.4, -0.2) is 14.1 Å². The van der Waals surface area contributed by atoms with Gasteiger partial charge in [0.1, 0.15) is 5.82 Å². The van der Waals surface area contributed by atoms with Gasteiger partial charge in [0.05, 0.1) is 33.8 Å². The maximum absolute atomic E-state index is 6.95. The molecule has 0 spiro atoms. The van der Waals surface area contributed by atoms with Crippen LogP contribution in [0.15, 0.2) is 128 Å². The van der Waals surface area contributed by atoms with Gasteiger partial charge in [-0.3, -0.25) is 4.57 Å². The van der Waals surface area contributed by atoms with Crippen molar-refractivity contribution in [3.05, 3.63) is 128 Å². The zero-order valence-electron chi connectivity index (χ0n) is 20.6. The number of nitrogens with zero attached hydrogens (tertiary/aromatic N) is 3. The molecule has 0 aliphatic carbocycles. The van der Waals surface area contributed by atoms with E-state index in [1.165, 1.54) is 0 Å². The van der Waals surface area contributed by atoms with Crippen LogP contribution >= 0.6 is 0 Å². The number of rotatable bonds is 4. The van der Waals surface area contributed by atoms with Crippen LogP contribution in [0.4, 0.5) is 11.4 Å². The number of para-hydroxylation sites is 3. The second-order valence-electron chi connectivity index (χ2n) is 9.34. The standard InChI is InChI=1S/C33H25N5/c34-30-25-15-7-9-17-27(25)37(24-13-5-2-6-14-24)32(30)33-31(35)26-16-8-10-18-28(26)38(33)29-20-19-23(21-36-29)22-11-3-1-4-12-22/h1-21H,34-35H2. The third-order valence-corrected chi connectivity index (χ3v) is 7.15. The average molecular weight is 492 g/mol. The van der Waals surface area contributed by atoms with E-state index < -0.39 is 0 Å². The Kier molecular flexibility index (Phi) is 5.01. The number of pyridine rings is 1. The number of anilines is 2. The minimum atomic E-state index is 0.668. The van der Waals surface area contributed by atoms with E-state index in [2.05, 4.69) is 63.7 Å². The fourth-order valence-electron chi connectivity index (χ4n) is 5.40. The average Bonchev–Trinajstić information content (AvgIpc) is 3.44. The van der Waals surface area contributed by atoms with Gasteiger partial charge in [-0.05, 0) is 42.0 Å². The van der Waals surface area contributed by atoms with Crippen molar-refractivity contribution in [3.8, 4) is 34.0 Å². The lowest BCUT2D eigenvalue weighted by Crippen LogP contribution is -2.06. The molecule has 0 radical (unpaired) electrons. The van der Waals surface area contributed by atoms with E-state index in [1.54, 1.807) is 0 Å². The Balaban J connectivity index is 1.55. The second-order valence-corrected chi connectivity index (χ2v) is 9.34. The number of fused-ring (bicyclic) bond motifs is 2. The van der Waals surface area contributed by atoms with E-state index in [0.29, 0.717) is 11.4 Å². The number of aromatic nitrogens is 3. The topological polar surface area (TPSA) is 74.8 Å². The summed E-state index contributed by atoms with van der Waals surface area (Å²) in [7, 11) is 0. The molecular weight excluding hydrogens is 466 g/mol. The van der Waals surface area contributed by atoms with Crippen LogP contribution in [0.1, 0.15) is 0 Å². The Morgan fingerprint density at radius 1 is 0.474 bits per heavy atom.